The largest absolute Gasteiger partial charge is 0.480 e. The summed E-state index contributed by atoms with van der Waals surface area (Å²) in [4.78, 5) is 22.8. The summed E-state index contributed by atoms with van der Waals surface area (Å²) in [6.45, 7) is 3.27. The topological polar surface area (TPSA) is 122 Å². The lowest BCUT2D eigenvalue weighted by Gasteiger charge is -2.13. The van der Waals surface area contributed by atoms with Gasteiger partial charge in [-0.15, -0.1) is 0 Å². The molecule has 0 heterocycles. The van der Waals surface area contributed by atoms with Gasteiger partial charge in [-0.2, -0.15) is 0 Å². The number of hydrogen-bond donors (Lipinski definition) is 3. The molecule has 1 aromatic rings. The smallest absolute Gasteiger partial charge is 0.325 e. The highest BCUT2D eigenvalue weighted by Crippen LogP contribution is 2.16. The number of carboxylic acids is 1. The Kier molecular flexibility index (Phi) is 6.67. The number of aliphatic carboxylic acids is 1. The van der Waals surface area contributed by atoms with Crippen molar-refractivity contribution in [3.63, 3.8) is 0 Å². The standard InChI is InChI=1S/C14H20N2O6S/c1-9-4-5-11(23(20,21)15-6-7-22-3)8-12(9)13(17)16-10(2)14(18)19/h4-5,8,10,15H,6-7H2,1-3H3,(H,16,17)(H,18,19)/t10-/m1/s1. The molecule has 0 radical (unpaired) electrons. The van der Waals surface area contributed by atoms with Crippen LogP contribution in [0.1, 0.15) is 22.8 Å². The minimum Gasteiger partial charge on any atom is -0.480 e. The van der Waals surface area contributed by atoms with Crippen LogP contribution in [0.4, 0.5) is 0 Å². The van der Waals surface area contributed by atoms with Crippen LogP contribution in [0, 0.1) is 6.92 Å². The number of carboxylic acid groups (broad SMARTS) is 1. The lowest BCUT2D eigenvalue weighted by atomic mass is 10.1. The van der Waals surface area contributed by atoms with Crippen molar-refractivity contribution in [3.8, 4) is 0 Å². The Morgan fingerprint density at radius 3 is 2.57 bits per heavy atom. The number of rotatable bonds is 8. The second-order valence-electron chi connectivity index (χ2n) is 4.90. The molecule has 0 unspecified atom stereocenters. The second-order valence-corrected chi connectivity index (χ2v) is 6.67. The molecule has 1 amide bonds. The molecule has 0 fully saturated rings. The quantitative estimate of drug-likeness (QED) is 0.576. The first kappa shape index (κ1) is 19.1. The first-order valence-electron chi connectivity index (χ1n) is 6.82. The number of sulfonamides is 1. The zero-order chi connectivity index (χ0) is 17.6. The number of aryl methyl sites for hydroxylation is 1. The fourth-order valence-electron chi connectivity index (χ4n) is 1.71. The van der Waals surface area contributed by atoms with Gasteiger partial charge in [0.1, 0.15) is 6.04 Å². The van der Waals surface area contributed by atoms with E-state index in [9.17, 15) is 18.0 Å². The number of ether oxygens (including phenoxy) is 1. The van der Waals surface area contributed by atoms with Crippen molar-refractivity contribution >= 4 is 21.9 Å². The summed E-state index contributed by atoms with van der Waals surface area (Å²) in [6, 6.07) is 3.00. The van der Waals surface area contributed by atoms with E-state index in [1.165, 1.54) is 32.2 Å². The van der Waals surface area contributed by atoms with Gasteiger partial charge in [-0.25, -0.2) is 13.1 Å². The SMILES string of the molecule is COCCNS(=O)(=O)c1ccc(C)c(C(=O)N[C@H](C)C(=O)O)c1. The van der Waals surface area contributed by atoms with Crippen LogP contribution in [0.3, 0.4) is 0 Å². The molecule has 8 nitrogen and oxygen atoms in total. The van der Waals surface area contributed by atoms with Gasteiger partial charge in [-0.3, -0.25) is 9.59 Å². The molecule has 1 aromatic carbocycles. The minimum absolute atomic E-state index is 0.0765. The van der Waals surface area contributed by atoms with Crippen molar-refractivity contribution in [3.05, 3.63) is 29.3 Å². The third kappa shape index (κ3) is 5.31. The monoisotopic (exact) mass is 344 g/mol. The van der Waals surface area contributed by atoms with Crippen molar-refractivity contribution < 1.29 is 27.9 Å². The van der Waals surface area contributed by atoms with Crippen LogP contribution in [0.15, 0.2) is 23.1 Å². The molecule has 1 rings (SSSR count). The average Bonchev–Trinajstić information content (AvgIpc) is 2.47. The average molecular weight is 344 g/mol. The van der Waals surface area contributed by atoms with Crippen LogP contribution in [0.2, 0.25) is 0 Å². The molecule has 3 N–H and O–H groups in total. The zero-order valence-electron chi connectivity index (χ0n) is 13.1. The molecule has 23 heavy (non-hydrogen) atoms. The maximum atomic E-state index is 12.1. The van der Waals surface area contributed by atoms with Gasteiger partial charge in [-0.1, -0.05) is 6.07 Å². The summed E-state index contributed by atoms with van der Waals surface area (Å²) in [6.07, 6.45) is 0. The Hall–Kier alpha value is -1.97. The van der Waals surface area contributed by atoms with Gasteiger partial charge < -0.3 is 15.2 Å². The molecule has 128 valence electrons. The number of methoxy groups -OCH3 is 1. The Morgan fingerprint density at radius 1 is 1.35 bits per heavy atom. The van der Waals surface area contributed by atoms with E-state index in [-0.39, 0.29) is 23.6 Å². The minimum atomic E-state index is -3.78. The van der Waals surface area contributed by atoms with Gasteiger partial charge in [0.25, 0.3) is 5.91 Å². The predicted octanol–water partition coefficient (Wildman–Crippen LogP) is 0.123. The van der Waals surface area contributed by atoms with E-state index in [0.29, 0.717) is 5.56 Å². The highest BCUT2D eigenvalue weighted by Gasteiger charge is 2.20. The molecule has 0 aliphatic carbocycles. The predicted molar refractivity (Wildman–Crippen MR) is 82.8 cm³/mol. The summed E-state index contributed by atoms with van der Waals surface area (Å²) in [7, 11) is -2.33. The van der Waals surface area contributed by atoms with E-state index in [1.54, 1.807) is 6.92 Å². The normalized spacial score (nSPS) is 12.7. The molecule has 0 aliphatic rings. The highest BCUT2D eigenvalue weighted by atomic mass is 32.2. The maximum absolute atomic E-state index is 12.1. The van der Waals surface area contributed by atoms with Gasteiger partial charge in [0.15, 0.2) is 0 Å². The van der Waals surface area contributed by atoms with Crippen LogP contribution in [0.25, 0.3) is 0 Å². The third-order valence-electron chi connectivity index (χ3n) is 3.08. The van der Waals surface area contributed by atoms with Crippen molar-refractivity contribution in [2.24, 2.45) is 0 Å². The van der Waals surface area contributed by atoms with Gasteiger partial charge >= 0.3 is 5.97 Å². The molecule has 0 aromatic heterocycles. The Morgan fingerprint density at radius 2 is 2.00 bits per heavy atom. The van der Waals surface area contributed by atoms with Gasteiger partial charge in [-0.05, 0) is 31.5 Å². The third-order valence-corrected chi connectivity index (χ3v) is 4.54. The van der Waals surface area contributed by atoms with Crippen molar-refractivity contribution in [2.75, 3.05) is 20.3 Å². The summed E-state index contributed by atoms with van der Waals surface area (Å²) in [5.74, 6) is -1.83. The molecule has 0 spiro atoms. The van der Waals surface area contributed by atoms with Crippen molar-refractivity contribution in [1.29, 1.82) is 0 Å². The number of carbonyl (C=O) groups excluding carboxylic acids is 1. The lowest BCUT2D eigenvalue weighted by molar-refractivity contribution is -0.138. The Labute approximate surface area is 134 Å². The Balaban J connectivity index is 3.03. The first-order chi connectivity index (χ1) is 10.7. The van der Waals surface area contributed by atoms with E-state index in [4.69, 9.17) is 9.84 Å². The molecule has 0 bridgehead atoms. The van der Waals surface area contributed by atoms with Crippen LogP contribution in [-0.4, -0.2) is 51.7 Å². The molecule has 0 saturated heterocycles. The van der Waals surface area contributed by atoms with Crippen molar-refractivity contribution in [1.82, 2.24) is 10.0 Å². The second kappa shape index (κ2) is 8.04. The fourth-order valence-corrected chi connectivity index (χ4v) is 2.75. The van der Waals surface area contributed by atoms with Crippen LogP contribution in [-0.2, 0) is 19.6 Å². The molecular weight excluding hydrogens is 324 g/mol. The first-order valence-corrected chi connectivity index (χ1v) is 8.30. The molecular formula is C14H20N2O6S. The van der Waals surface area contributed by atoms with E-state index >= 15 is 0 Å². The highest BCUT2D eigenvalue weighted by molar-refractivity contribution is 7.89. The summed E-state index contributed by atoms with van der Waals surface area (Å²) < 4.78 is 31.4. The van der Waals surface area contributed by atoms with E-state index in [0.717, 1.165) is 0 Å². The molecule has 0 aliphatic heterocycles. The number of hydrogen-bond acceptors (Lipinski definition) is 5. The lowest BCUT2D eigenvalue weighted by Crippen LogP contribution is -2.38. The number of carbonyl (C=O) groups is 2. The number of benzene rings is 1. The van der Waals surface area contributed by atoms with Gasteiger partial charge in [0, 0.05) is 19.2 Å². The summed E-state index contributed by atoms with van der Waals surface area (Å²) in [5, 5.41) is 11.1. The van der Waals surface area contributed by atoms with Gasteiger partial charge in [0.05, 0.1) is 11.5 Å². The van der Waals surface area contributed by atoms with Crippen LogP contribution in [0.5, 0.6) is 0 Å². The van der Waals surface area contributed by atoms with Crippen LogP contribution >= 0.6 is 0 Å². The van der Waals surface area contributed by atoms with Crippen LogP contribution < -0.4 is 10.0 Å². The maximum Gasteiger partial charge on any atom is 0.325 e. The summed E-state index contributed by atoms with van der Waals surface area (Å²) >= 11 is 0. The van der Waals surface area contributed by atoms with Gasteiger partial charge in [0.2, 0.25) is 10.0 Å². The molecule has 1 atom stereocenters. The van der Waals surface area contributed by atoms with Crippen molar-refractivity contribution in [2.45, 2.75) is 24.8 Å². The van der Waals surface area contributed by atoms with E-state index in [1.807, 2.05) is 0 Å². The zero-order valence-corrected chi connectivity index (χ0v) is 13.9. The number of amides is 1. The molecule has 0 saturated carbocycles. The molecule has 9 heteroatoms. The Bertz CT molecular complexity index is 687. The fraction of sp³-hybridized carbons (Fsp3) is 0.429. The summed E-state index contributed by atoms with van der Waals surface area (Å²) in [5.41, 5.74) is 0.642. The number of nitrogens with one attached hydrogen (secondary N) is 2. The van der Waals surface area contributed by atoms with E-state index in [2.05, 4.69) is 10.0 Å². The van der Waals surface area contributed by atoms with E-state index < -0.39 is 27.9 Å².